The van der Waals surface area contributed by atoms with Crippen LogP contribution in [0.1, 0.15) is 79.7 Å². The normalized spacial score (nSPS) is 22.4. The number of imidazole rings is 1. The molecule has 8 nitrogen and oxygen atoms in total. The monoisotopic (exact) mass is 511 g/mol. The molecule has 2 aliphatic carbocycles. The molecule has 2 N–H and O–H groups in total. The number of nitrogens with zero attached hydrogens (tertiary/aromatic N) is 5. The van der Waals surface area contributed by atoms with Gasteiger partial charge >= 0.3 is 0 Å². The second-order valence-electron chi connectivity index (χ2n) is 11.5. The molecule has 0 aliphatic heterocycles. The number of aryl methyl sites for hydroxylation is 1. The molecule has 0 unspecified atom stereocenters. The quantitative estimate of drug-likeness (QED) is 0.344. The van der Waals surface area contributed by atoms with E-state index in [4.69, 9.17) is 0 Å². The van der Waals surface area contributed by atoms with Crippen LogP contribution in [-0.2, 0) is 19.0 Å². The minimum Gasteiger partial charge on any atom is -0.322 e. The number of anilines is 1. The minimum absolute atomic E-state index is 0.154. The number of pyridine rings is 1. The Hall–Kier alpha value is -3.52. The summed E-state index contributed by atoms with van der Waals surface area (Å²) in [6, 6.07) is 10.6. The van der Waals surface area contributed by atoms with Crippen LogP contribution in [0.15, 0.2) is 55.2 Å². The average Bonchev–Trinajstić information content (AvgIpc) is 3.67. The molecular formula is C30H37N7O. The molecule has 3 heterocycles. The van der Waals surface area contributed by atoms with Crippen molar-refractivity contribution in [2.75, 3.05) is 5.32 Å². The molecule has 0 saturated heterocycles. The third kappa shape index (κ3) is 4.51. The highest BCUT2D eigenvalue weighted by Crippen LogP contribution is 2.51. The minimum atomic E-state index is -0.177. The van der Waals surface area contributed by atoms with Crippen molar-refractivity contribution >= 4 is 17.2 Å². The Morgan fingerprint density at radius 1 is 1.21 bits per heavy atom. The van der Waals surface area contributed by atoms with Crippen molar-refractivity contribution in [3.05, 3.63) is 77.8 Å². The average molecular weight is 512 g/mol. The Morgan fingerprint density at radius 3 is 2.76 bits per heavy atom. The van der Waals surface area contributed by atoms with E-state index in [9.17, 15) is 4.79 Å². The van der Waals surface area contributed by atoms with Gasteiger partial charge in [-0.05, 0) is 73.8 Å². The molecule has 0 spiro atoms. The maximum absolute atomic E-state index is 13.6. The Labute approximate surface area is 223 Å². The van der Waals surface area contributed by atoms with E-state index in [0.717, 1.165) is 47.9 Å². The zero-order valence-electron chi connectivity index (χ0n) is 22.5. The number of nitrogens with one attached hydrogen (secondary N) is 2. The van der Waals surface area contributed by atoms with Gasteiger partial charge in [0.2, 0.25) is 0 Å². The van der Waals surface area contributed by atoms with Gasteiger partial charge in [0, 0.05) is 43.9 Å². The number of hydrogen-bond donors (Lipinski definition) is 2. The third-order valence-corrected chi connectivity index (χ3v) is 8.73. The summed E-state index contributed by atoms with van der Waals surface area (Å²) in [7, 11) is 2.00. The molecule has 1 aromatic carbocycles. The second-order valence-corrected chi connectivity index (χ2v) is 11.5. The van der Waals surface area contributed by atoms with Crippen molar-refractivity contribution in [2.24, 2.45) is 18.9 Å². The summed E-state index contributed by atoms with van der Waals surface area (Å²) in [5.74, 6) is 2.18. The standard InChI is InChI=1S/C30H37N7O/c1-20-15-30(16-20,29-35-33-19-36(29)3)24-9-6-10-25(14-24)34-28(38)26-13-22(18-37-12-11-31-27(26)37)17-32-21(2)23-7-4-5-8-23/h6,9-14,18-21,23,32H,4-5,7-8,15-17H2,1-3H3,(H,34,38)/t20?,21-,30?/m0/s1. The van der Waals surface area contributed by atoms with Gasteiger partial charge in [0.05, 0.1) is 11.0 Å². The number of benzene rings is 1. The van der Waals surface area contributed by atoms with Gasteiger partial charge in [-0.25, -0.2) is 4.98 Å². The van der Waals surface area contributed by atoms with Gasteiger partial charge in [-0.2, -0.15) is 0 Å². The van der Waals surface area contributed by atoms with Crippen molar-refractivity contribution in [3.8, 4) is 0 Å². The largest absolute Gasteiger partial charge is 0.322 e. The van der Waals surface area contributed by atoms with Crippen LogP contribution in [0.2, 0.25) is 0 Å². The summed E-state index contributed by atoms with van der Waals surface area (Å²) in [5, 5.41) is 15.4. The highest BCUT2D eigenvalue weighted by molar-refractivity contribution is 6.08. The molecule has 2 aliphatic rings. The first-order valence-electron chi connectivity index (χ1n) is 13.9. The molecule has 198 valence electrons. The van der Waals surface area contributed by atoms with Crippen LogP contribution in [-0.4, -0.2) is 36.1 Å². The number of fused-ring (bicyclic) bond motifs is 1. The van der Waals surface area contributed by atoms with Gasteiger partial charge in [-0.1, -0.05) is 31.9 Å². The fourth-order valence-corrected chi connectivity index (χ4v) is 6.75. The number of carbonyl (C=O) groups excluding carboxylic acids is 1. The van der Waals surface area contributed by atoms with E-state index in [0.29, 0.717) is 23.2 Å². The molecule has 38 heavy (non-hydrogen) atoms. The second kappa shape index (κ2) is 9.98. The molecule has 4 aromatic rings. The first-order chi connectivity index (χ1) is 18.4. The molecule has 8 heteroatoms. The first-order valence-corrected chi connectivity index (χ1v) is 13.9. The Balaban J connectivity index is 1.24. The van der Waals surface area contributed by atoms with E-state index in [1.165, 1.54) is 25.7 Å². The third-order valence-electron chi connectivity index (χ3n) is 8.73. The highest BCUT2D eigenvalue weighted by atomic mass is 16.1. The summed E-state index contributed by atoms with van der Waals surface area (Å²) < 4.78 is 3.96. The lowest BCUT2D eigenvalue weighted by Gasteiger charge is -2.46. The van der Waals surface area contributed by atoms with Crippen molar-refractivity contribution in [1.29, 1.82) is 0 Å². The van der Waals surface area contributed by atoms with Gasteiger partial charge < -0.3 is 19.6 Å². The van der Waals surface area contributed by atoms with Gasteiger partial charge in [-0.15, -0.1) is 10.2 Å². The maximum Gasteiger partial charge on any atom is 0.259 e. The summed E-state index contributed by atoms with van der Waals surface area (Å²) >= 11 is 0. The lowest BCUT2D eigenvalue weighted by molar-refractivity contribution is 0.102. The summed E-state index contributed by atoms with van der Waals surface area (Å²) in [6.07, 6.45) is 14.8. The van der Waals surface area contributed by atoms with Gasteiger partial charge in [-0.3, -0.25) is 4.79 Å². The SMILES string of the molecule is CC1CC(c2cccc(NC(=O)c3cc(CN[C@@H](C)C4CCCC4)cn4ccnc34)c2)(c2nncn2C)C1. The van der Waals surface area contributed by atoms with E-state index >= 15 is 0 Å². The van der Waals surface area contributed by atoms with Crippen LogP contribution in [0.4, 0.5) is 5.69 Å². The number of carbonyl (C=O) groups is 1. The maximum atomic E-state index is 13.6. The predicted molar refractivity (Wildman–Crippen MR) is 148 cm³/mol. The Bertz CT molecular complexity index is 1440. The molecule has 2 fully saturated rings. The fraction of sp³-hybridized carbons (Fsp3) is 0.467. The lowest BCUT2D eigenvalue weighted by atomic mass is 9.58. The molecule has 0 bridgehead atoms. The molecule has 3 aromatic heterocycles. The van der Waals surface area contributed by atoms with Crippen LogP contribution in [0.3, 0.4) is 0 Å². The molecule has 1 atom stereocenters. The molecule has 2 saturated carbocycles. The zero-order chi connectivity index (χ0) is 26.3. The molecule has 6 rings (SSSR count). The summed E-state index contributed by atoms with van der Waals surface area (Å²) in [4.78, 5) is 18.1. The Kier molecular flexibility index (Phi) is 6.51. The van der Waals surface area contributed by atoms with Gasteiger partial charge in [0.15, 0.2) is 0 Å². The number of amides is 1. The van der Waals surface area contributed by atoms with E-state index in [1.54, 1.807) is 12.5 Å². The highest BCUT2D eigenvalue weighted by Gasteiger charge is 2.48. The van der Waals surface area contributed by atoms with Crippen LogP contribution in [0.5, 0.6) is 0 Å². The Morgan fingerprint density at radius 2 is 2.03 bits per heavy atom. The van der Waals surface area contributed by atoms with E-state index in [2.05, 4.69) is 58.0 Å². The first kappa shape index (κ1) is 24.8. The van der Waals surface area contributed by atoms with Gasteiger partial charge in [0.25, 0.3) is 5.91 Å². The van der Waals surface area contributed by atoms with Crippen molar-refractivity contribution in [2.45, 2.75) is 70.4 Å². The van der Waals surface area contributed by atoms with E-state index in [1.807, 2.05) is 40.4 Å². The van der Waals surface area contributed by atoms with E-state index < -0.39 is 0 Å². The molecule has 0 radical (unpaired) electrons. The van der Waals surface area contributed by atoms with Crippen molar-refractivity contribution in [1.82, 2.24) is 29.5 Å². The van der Waals surface area contributed by atoms with Crippen molar-refractivity contribution < 1.29 is 4.79 Å². The van der Waals surface area contributed by atoms with Crippen molar-refractivity contribution in [3.63, 3.8) is 0 Å². The van der Waals surface area contributed by atoms with Crippen LogP contribution in [0, 0.1) is 11.8 Å². The van der Waals surface area contributed by atoms with Crippen LogP contribution >= 0.6 is 0 Å². The molecular weight excluding hydrogens is 474 g/mol. The van der Waals surface area contributed by atoms with Gasteiger partial charge in [0.1, 0.15) is 17.8 Å². The number of aromatic nitrogens is 5. The molecule has 1 amide bonds. The number of rotatable bonds is 8. The smallest absolute Gasteiger partial charge is 0.259 e. The van der Waals surface area contributed by atoms with Crippen LogP contribution < -0.4 is 10.6 Å². The number of hydrogen-bond acceptors (Lipinski definition) is 5. The predicted octanol–water partition coefficient (Wildman–Crippen LogP) is 5.10. The topological polar surface area (TPSA) is 89.1 Å². The lowest BCUT2D eigenvalue weighted by Crippen LogP contribution is -2.43. The van der Waals surface area contributed by atoms with Crippen LogP contribution in [0.25, 0.3) is 5.65 Å². The fourth-order valence-electron chi connectivity index (χ4n) is 6.75. The zero-order valence-corrected chi connectivity index (χ0v) is 22.5. The van der Waals surface area contributed by atoms with E-state index in [-0.39, 0.29) is 11.3 Å². The summed E-state index contributed by atoms with van der Waals surface area (Å²) in [5.41, 5.74) is 4.07. The summed E-state index contributed by atoms with van der Waals surface area (Å²) in [6.45, 7) is 5.27.